The number of hydrogen-bond acceptors (Lipinski definition) is 8. The van der Waals surface area contributed by atoms with Crippen LogP contribution in [0.25, 0.3) is 11.3 Å². The lowest BCUT2D eigenvalue weighted by molar-refractivity contribution is -0.118. The zero-order valence-corrected chi connectivity index (χ0v) is 20.2. The number of nitrogens with zero attached hydrogens (tertiary/aromatic N) is 4. The summed E-state index contributed by atoms with van der Waals surface area (Å²) in [4.78, 5) is 18.1. The van der Waals surface area contributed by atoms with E-state index >= 15 is 0 Å². The van der Waals surface area contributed by atoms with Crippen molar-refractivity contribution < 1.29 is 10.0 Å². The number of anilines is 3. The molecule has 0 bridgehead atoms. The zero-order valence-electron chi connectivity index (χ0n) is 18.6. The van der Waals surface area contributed by atoms with Crippen LogP contribution in [0, 0.1) is 0 Å². The van der Waals surface area contributed by atoms with E-state index < -0.39 is 6.04 Å². The van der Waals surface area contributed by atoms with E-state index in [4.69, 9.17) is 11.6 Å². The predicted molar refractivity (Wildman–Crippen MR) is 140 cm³/mol. The molecule has 0 radical (unpaired) electrons. The molecule has 2 heterocycles. The van der Waals surface area contributed by atoms with Gasteiger partial charge in [0.05, 0.1) is 27.8 Å². The van der Waals surface area contributed by atoms with Gasteiger partial charge in [-0.25, -0.2) is 10.4 Å². The number of hydroxylamine groups is 1. The molecule has 5 rings (SSSR count). The molecule has 3 aromatic carbocycles. The summed E-state index contributed by atoms with van der Waals surface area (Å²) in [6, 6.07) is 23.6. The summed E-state index contributed by atoms with van der Waals surface area (Å²) in [5.41, 5.74) is 10.3. The van der Waals surface area contributed by atoms with Gasteiger partial charge in [-0.2, -0.15) is 10.1 Å². The van der Waals surface area contributed by atoms with E-state index in [0.717, 1.165) is 21.9 Å². The second kappa shape index (κ2) is 9.85. The van der Waals surface area contributed by atoms with E-state index in [1.165, 1.54) is 23.4 Å². The number of halogens is 1. The Morgan fingerprint density at radius 1 is 1.03 bits per heavy atom. The first-order chi connectivity index (χ1) is 17.0. The van der Waals surface area contributed by atoms with Crippen molar-refractivity contribution >= 4 is 51.1 Å². The number of amides is 1. The van der Waals surface area contributed by atoms with Crippen LogP contribution in [0.1, 0.15) is 5.56 Å². The Hall–Kier alpha value is -3.76. The maximum atomic E-state index is 13.5. The van der Waals surface area contributed by atoms with Gasteiger partial charge in [0, 0.05) is 23.6 Å². The van der Waals surface area contributed by atoms with Crippen LogP contribution in [-0.4, -0.2) is 34.9 Å². The van der Waals surface area contributed by atoms with Gasteiger partial charge in [0.15, 0.2) is 6.04 Å². The van der Waals surface area contributed by atoms with E-state index in [2.05, 4.69) is 20.9 Å². The summed E-state index contributed by atoms with van der Waals surface area (Å²) in [5, 5.41) is 19.5. The fourth-order valence-corrected chi connectivity index (χ4v) is 4.68. The number of benzene rings is 3. The fourth-order valence-electron chi connectivity index (χ4n) is 3.65. The summed E-state index contributed by atoms with van der Waals surface area (Å²) in [5.74, 6) is -0.265. The minimum Gasteiger partial charge on any atom is -0.320 e. The molecule has 0 spiro atoms. The first kappa shape index (κ1) is 23.0. The summed E-state index contributed by atoms with van der Waals surface area (Å²) < 4.78 is 0. The monoisotopic (exact) mass is 504 g/mol. The van der Waals surface area contributed by atoms with Gasteiger partial charge in [-0.1, -0.05) is 72.3 Å². The lowest BCUT2D eigenvalue weighted by atomic mass is 10.0. The molecule has 1 amide bonds. The Morgan fingerprint density at radius 2 is 1.71 bits per heavy atom. The molecule has 10 heteroatoms. The normalized spacial score (nSPS) is 15.3. The molecule has 1 atom stereocenters. The van der Waals surface area contributed by atoms with Crippen molar-refractivity contribution in [1.82, 2.24) is 10.4 Å². The number of carbonyl (C=O) groups is 1. The molecular formula is C25H21ClN6O2S. The highest BCUT2D eigenvalue weighted by Gasteiger charge is 2.38. The SMILES string of the molecule is CN(O)c1cc(NNC2C(=O)N(c3nc(-c4ccccc4)cs3)N=C2c2ccccc2)ccc1Cl. The van der Waals surface area contributed by atoms with E-state index in [9.17, 15) is 10.0 Å². The van der Waals surface area contributed by atoms with Gasteiger partial charge in [-0.05, 0) is 18.2 Å². The van der Waals surface area contributed by atoms with Crippen LogP contribution in [0.3, 0.4) is 0 Å². The van der Waals surface area contributed by atoms with Crippen LogP contribution >= 0.6 is 22.9 Å². The maximum Gasteiger partial charge on any atom is 0.274 e. The zero-order chi connectivity index (χ0) is 24.4. The van der Waals surface area contributed by atoms with Gasteiger partial charge in [-0.3, -0.25) is 15.1 Å². The smallest absolute Gasteiger partial charge is 0.274 e. The van der Waals surface area contributed by atoms with Crippen LogP contribution < -0.4 is 20.9 Å². The first-order valence-corrected chi connectivity index (χ1v) is 12.0. The topological polar surface area (TPSA) is 93.1 Å². The second-order valence-corrected chi connectivity index (χ2v) is 9.02. The van der Waals surface area contributed by atoms with E-state index in [0.29, 0.717) is 27.2 Å². The van der Waals surface area contributed by atoms with Gasteiger partial charge < -0.3 is 5.43 Å². The number of aromatic nitrogens is 1. The molecule has 1 aliphatic heterocycles. The molecule has 4 aromatic rings. The van der Waals surface area contributed by atoms with Gasteiger partial charge in [0.25, 0.3) is 5.91 Å². The average molecular weight is 505 g/mol. The van der Waals surface area contributed by atoms with Crippen LogP contribution in [0.4, 0.5) is 16.5 Å². The van der Waals surface area contributed by atoms with Crippen molar-refractivity contribution in [3.05, 3.63) is 94.8 Å². The molecule has 8 nitrogen and oxygen atoms in total. The van der Waals surface area contributed by atoms with E-state index in [1.54, 1.807) is 18.2 Å². The van der Waals surface area contributed by atoms with Crippen LogP contribution in [-0.2, 0) is 4.79 Å². The lowest BCUT2D eigenvalue weighted by Crippen LogP contribution is -2.46. The number of carbonyl (C=O) groups excluding carboxylic acids is 1. The van der Waals surface area contributed by atoms with Crippen molar-refractivity contribution in [1.29, 1.82) is 0 Å². The van der Waals surface area contributed by atoms with Crippen LogP contribution in [0.15, 0.2) is 89.3 Å². The molecule has 0 aliphatic carbocycles. The Bertz CT molecular complexity index is 1380. The van der Waals surface area contributed by atoms with Crippen molar-refractivity contribution in [3.63, 3.8) is 0 Å². The maximum absolute atomic E-state index is 13.5. The van der Waals surface area contributed by atoms with Gasteiger partial charge in [0.1, 0.15) is 0 Å². The number of thiazole rings is 1. The average Bonchev–Trinajstić information content (AvgIpc) is 3.49. The number of hydrazone groups is 1. The van der Waals surface area contributed by atoms with Crippen molar-refractivity contribution in [2.45, 2.75) is 6.04 Å². The highest BCUT2D eigenvalue weighted by molar-refractivity contribution is 7.14. The first-order valence-electron chi connectivity index (χ1n) is 10.7. The van der Waals surface area contributed by atoms with Gasteiger partial charge in [0.2, 0.25) is 5.13 Å². The highest BCUT2D eigenvalue weighted by atomic mass is 35.5. The van der Waals surface area contributed by atoms with E-state index in [1.807, 2.05) is 66.0 Å². The number of rotatable bonds is 7. The van der Waals surface area contributed by atoms with Gasteiger partial charge in [-0.15, -0.1) is 11.3 Å². The predicted octanol–water partition coefficient (Wildman–Crippen LogP) is 5.03. The van der Waals surface area contributed by atoms with Crippen LogP contribution in [0.5, 0.6) is 0 Å². The lowest BCUT2D eigenvalue weighted by Gasteiger charge is -2.18. The molecule has 176 valence electrons. The van der Waals surface area contributed by atoms with Crippen molar-refractivity contribution in [2.75, 3.05) is 22.5 Å². The minimum absolute atomic E-state index is 0.265. The Morgan fingerprint density at radius 3 is 2.40 bits per heavy atom. The molecule has 1 unspecified atom stereocenters. The third kappa shape index (κ3) is 4.75. The molecule has 1 aromatic heterocycles. The Labute approximate surface area is 211 Å². The number of hydrazine groups is 1. The third-order valence-corrected chi connectivity index (χ3v) is 6.54. The number of hydrogen-bond donors (Lipinski definition) is 3. The van der Waals surface area contributed by atoms with Crippen molar-refractivity contribution in [2.24, 2.45) is 5.10 Å². The fraction of sp³-hybridized carbons (Fsp3) is 0.0800. The molecule has 1 aliphatic rings. The Balaban J connectivity index is 1.43. The summed E-state index contributed by atoms with van der Waals surface area (Å²) >= 11 is 7.50. The molecule has 35 heavy (non-hydrogen) atoms. The summed E-state index contributed by atoms with van der Waals surface area (Å²) in [6.07, 6.45) is 0. The molecule has 0 saturated heterocycles. The molecule has 0 fully saturated rings. The summed E-state index contributed by atoms with van der Waals surface area (Å²) in [6.45, 7) is 0. The van der Waals surface area contributed by atoms with Gasteiger partial charge >= 0.3 is 0 Å². The Kier molecular flexibility index (Phi) is 6.47. The second-order valence-electron chi connectivity index (χ2n) is 7.77. The quantitative estimate of drug-likeness (QED) is 0.306. The van der Waals surface area contributed by atoms with E-state index in [-0.39, 0.29) is 5.91 Å². The molecule has 0 saturated carbocycles. The summed E-state index contributed by atoms with van der Waals surface area (Å²) in [7, 11) is 1.48. The standard InChI is InChI=1S/C25H21ClN6O2S/c1-31(34)21-14-18(12-13-19(21)26)28-29-23-22(17-10-6-3-7-11-17)30-32(24(23)33)25-27-20(15-35-25)16-8-4-2-5-9-16/h2-15,23,28-29,34H,1H3. The third-order valence-electron chi connectivity index (χ3n) is 5.40. The largest absolute Gasteiger partial charge is 0.320 e. The number of nitrogens with one attached hydrogen (secondary N) is 2. The highest BCUT2D eigenvalue weighted by Crippen LogP contribution is 2.31. The minimum atomic E-state index is -0.771. The molecule has 3 N–H and O–H groups in total. The molecular weight excluding hydrogens is 484 g/mol. The van der Waals surface area contributed by atoms with Crippen molar-refractivity contribution in [3.8, 4) is 11.3 Å². The van der Waals surface area contributed by atoms with Crippen LogP contribution in [0.2, 0.25) is 5.02 Å².